The zero-order chi connectivity index (χ0) is 10.3. The molecule has 5 nitrogen and oxygen atoms in total. The highest BCUT2D eigenvalue weighted by Crippen LogP contribution is 2.14. The van der Waals surface area contributed by atoms with Crippen LogP contribution < -0.4 is 5.73 Å². The summed E-state index contributed by atoms with van der Waals surface area (Å²) in [6.07, 6.45) is 0. The summed E-state index contributed by atoms with van der Waals surface area (Å²) >= 11 is 0. The molecule has 2 N–H and O–H groups in total. The van der Waals surface area contributed by atoms with Gasteiger partial charge >= 0.3 is 11.9 Å². The molecule has 0 unspecified atom stereocenters. The summed E-state index contributed by atoms with van der Waals surface area (Å²) in [4.78, 5) is 11.0. The molecule has 13 heavy (non-hydrogen) atoms. The Labute approximate surface area is 78.1 Å². The van der Waals surface area contributed by atoms with Crippen molar-refractivity contribution in [2.24, 2.45) is 5.73 Å². The van der Waals surface area contributed by atoms with E-state index in [2.05, 4.69) is 0 Å². The van der Waals surface area contributed by atoms with Crippen LogP contribution in [0.5, 0.6) is 0 Å². The monoisotopic (exact) mass is 191 g/mol. The molecule has 0 heterocycles. The summed E-state index contributed by atoms with van der Waals surface area (Å²) in [5, 5.41) is 0. The minimum atomic E-state index is -1.71. The fourth-order valence-corrected chi connectivity index (χ4v) is 0.908. The first-order valence-electron chi connectivity index (χ1n) is 4.34. The van der Waals surface area contributed by atoms with Crippen LogP contribution in [-0.4, -0.2) is 31.7 Å². The molecule has 0 aromatic rings. The van der Waals surface area contributed by atoms with E-state index < -0.39 is 11.9 Å². The summed E-state index contributed by atoms with van der Waals surface area (Å²) in [7, 11) is 0. The van der Waals surface area contributed by atoms with Crippen LogP contribution in [0.15, 0.2) is 0 Å². The minimum Gasteiger partial charge on any atom is -0.363 e. The van der Waals surface area contributed by atoms with Gasteiger partial charge in [-0.3, -0.25) is 4.79 Å². The van der Waals surface area contributed by atoms with Gasteiger partial charge in [0.2, 0.25) is 0 Å². The number of primary amides is 1. The molecular weight excluding hydrogens is 174 g/mol. The summed E-state index contributed by atoms with van der Waals surface area (Å²) in [5.41, 5.74) is 5.12. The Balaban J connectivity index is 4.48. The summed E-state index contributed by atoms with van der Waals surface area (Å²) < 4.78 is 15.2. The van der Waals surface area contributed by atoms with Crippen molar-refractivity contribution in [3.63, 3.8) is 0 Å². The fraction of sp³-hybridized carbons (Fsp3) is 0.875. The number of carbonyl (C=O) groups excluding carboxylic acids is 1. The Morgan fingerprint density at radius 3 is 1.54 bits per heavy atom. The van der Waals surface area contributed by atoms with E-state index >= 15 is 0 Å². The molecule has 0 fully saturated rings. The maximum atomic E-state index is 11.0. The van der Waals surface area contributed by atoms with Gasteiger partial charge in [0.15, 0.2) is 0 Å². The first-order valence-corrected chi connectivity index (χ1v) is 4.34. The first-order chi connectivity index (χ1) is 6.13. The lowest BCUT2D eigenvalue weighted by molar-refractivity contribution is -0.349. The molecule has 78 valence electrons. The van der Waals surface area contributed by atoms with Crippen LogP contribution in [0.25, 0.3) is 0 Å². The van der Waals surface area contributed by atoms with Crippen LogP contribution in [0.3, 0.4) is 0 Å². The topological polar surface area (TPSA) is 70.8 Å². The first kappa shape index (κ1) is 12.3. The molecule has 0 rings (SSSR count). The smallest absolute Gasteiger partial charge is 0.363 e. The second-order valence-corrected chi connectivity index (χ2v) is 2.22. The highest BCUT2D eigenvalue weighted by atomic mass is 16.9. The highest BCUT2D eigenvalue weighted by Gasteiger charge is 2.39. The van der Waals surface area contributed by atoms with Gasteiger partial charge in [0.05, 0.1) is 19.8 Å². The molecule has 0 radical (unpaired) electrons. The van der Waals surface area contributed by atoms with Crippen LogP contribution in [0.1, 0.15) is 20.8 Å². The molecule has 0 spiro atoms. The summed E-state index contributed by atoms with van der Waals surface area (Å²) in [5.74, 6) is -2.48. The standard InChI is InChI=1S/C8H17NO4/c1-4-11-8(7(9)10,12-5-2)13-6-3/h4-6H2,1-3H3,(H2,9,10). The van der Waals surface area contributed by atoms with E-state index in [1.165, 1.54) is 0 Å². The molecule has 0 saturated carbocycles. The van der Waals surface area contributed by atoms with Gasteiger partial charge in [0.25, 0.3) is 0 Å². The third kappa shape index (κ3) is 3.30. The van der Waals surface area contributed by atoms with Gasteiger partial charge in [-0.05, 0) is 20.8 Å². The lowest BCUT2D eigenvalue weighted by Gasteiger charge is -2.28. The van der Waals surface area contributed by atoms with Crippen molar-refractivity contribution in [2.75, 3.05) is 19.8 Å². The quantitative estimate of drug-likeness (QED) is 0.585. The molecular formula is C8H17NO4. The van der Waals surface area contributed by atoms with Crippen LogP contribution in [-0.2, 0) is 19.0 Å². The number of hydrogen-bond donors (Lipinski definition) is 1. The van der Waals surface area contributed by atoms with Gasteiger partial charge in [-0.15, -0.1) is 0 Å². The van der Waals surface area contributed by atoms with Gasteiger partial charge in [0.1, 0.15) is 0 Å². The highest BCUT2D eigenvalue weighted by molar-refractivity contribution is 5.80. The second kappa shape index (κ2) is 5.90. The van der Waals surface area contributed by atoms with Crippen molar-refractivity contribution in [1.82, 2.24) is 0 Å². The van der Waals surface area contributed by atoms with Crippen molar-refractivity contribution >= 4 is 5.91 Å². The molecule has 0 atom stereocenters. The van der Waals surface area contributed by atoms with Crippen LogP contribution in [0.4, 0.5) is 0 Å². The lowest BCUT2D eigenvalue weighted by Crippen LogP contribution is -2.51. The normalized spacial score (nSPS) is 11.6. The maximum absolute atomic E-state index is 11.0. The number of carbonyl (C=O) groups is 1. The van der Waals surface area contributed by atoms with E-state index in [0.29, 0.717) is 19.8 Å². The number of amides is 1. The van der Waals surface area contributed by atoms with Crippen molar-refractivity contribution < 1.29 is 19.0 Å². The molecule has 0 aromatic heterocycles. The Kier molecular flexibility index (Phi) is 5.61. The van der Waals surface area contributed by atoms with Crippen LogP contribution in [0.2, 0.25) is 0 Å². The minimum absolute atomic E-state index is 0.295. The zero-order valence-electron chi connectivity index (χ0n) is 8.33. The summed E-state index contributed by atoms with van der Waals surface area (Å²) in [6, 6.07) is 0. The van der Waals surface area contributed by atoms with Gasteiger partial charge in [0, 0.05) is 0 Å². The zero-order valence-corrected chi connectivity index (χ0v) is 8.33. The molecule has 0 bridgehead atoms. The van der Waals surface area contributed by atoms with E-state index in [1.807, 2.05) is 0 Å². The fourth-order valence-electron chi connectivity index (χ4n) is 0.908. The predicted octanol–water partition coefficient (Wildman–Crippen LogP) is 0.235. The lowest BCUT2D eigenvalue weighted by atomic mass is 10.5. The van der Waals surface area contributed by atoms with E-state index in [-0.39, 0.29) is 0 Å². The van der Waals surface area contributed by atoms with E-state index in [0.717, 1.165) is 0 Å². The number of hydrogen-bond acceptors (Lipinski definition) is 4. The van der Waals surface area contributed by atoms with Gasteiger partial charge < -0.3 is 19.9 Å². The van der Waals surface area contributed by atoms with Crippen molar-refractivity contribution in [3.05, 3.63) is 0 Å². The molecule has 0 aliphatic carbocycles. The van der Waals surface area contributed by atoms with Gasteiger partial charge in [-0.1, -0.05) is 0 Å². The molecule has 0 saturated heterocycles. The Hall–Kier alpha value is -0.650. The van der Waals surface area contributed by atoms with Crippen LogP contribution in [0, 0.1) is 0 Å². The number of ether oxygens (including phenoxy) is 3. The molecule has 0 aliphatic rings. The molecule has 1 amide bonds. The van der Waals surface area contributed by atoms with E-state index in [9.17, 15) is 4.79 Å². The SMILES string of the molecule is CCOC(OCC)(OCC)C(N)=O. The van der Waals surface area contributed by atoms with E-state index in [1.54, 1.807) is 20.8 Å². The Morgan fingerprint density at radius 2 is 1.38 bits per heavy atom. The maximum Gasteiger partial charge on any atom is 0.367 e. The molecule has 5 heteroatoms. The largest absolute Gasteiger partial charge is 0.367 e. The Morgan fingerprint density at radius 1 is 1.08 bits per heavy atom. The third-order valence-electron chi connectivity index (χ3n) is 1.30. The van der Waals surface area contributed by atoms with Gasteiger partial charge in [-0.2, -0.15) is 0 Å². The molecule has 0 aliphatic heterocycles. The average Bonchev–Trinajstić information content (AvgIpc) is 2.05. The van der Waals surface area contributed by atoms with Crippen LogP contribution >= 0.6 is 0 Å². The van der Waals surface area contributed by atoms with E-state index in [4.69, 9.17) is 19.9 Å². The average molecular weight is 191 g/mol. The predicted molar refractivity (Wildman–Crippen MR) is 46.8 cm³/mol. The van der Waals surface area contributed by atoms with Crippen molar-refractivity contribution in [3.8, 4) is 0 Å². The third-order valence-corrected chi connectivity index (χ3v) is 1.30. The Bertz CT molecular complexity index is 143. The molecule has 0 aromatic carbocycles. The van der Waals surface area contributed by atoms with Gasteiger partial charge in [-0.25, -0.2) is 0 Å². The van der Waals surface area contributed by atoms with Crippen molar-refractivity contribution in [1.29, 1.82) is 0 Å². The van der Waals surface area contributed by atoms with Crippen molar-refractivity contribution in [2.45, 2.75) is 26.7 Å². The summed E-state index contributed by atoms with van der Waals surface area (Å²) in [6.45, 7) is 6.08. The number of nitrogens with two attached hydrogens (primary N) is 1. The number of rotatable bonds is 7. The second-order valence-electron chi connectivity index (χ2n) is 2.22.